The molecule has 0 spiro atoms. The second-order valence-corrected chi connectivity index (χ2v) is 4.86. The summed E-state index contributed by atoms with van der Waals surface area (Å²) in [5, 5.41) is 3.00. The standard InChI is InChI=1S/C13H27N3O/c1-2-3-10-15-13(17)16(11-9-14)12-7-5-4-6-8-12/h12H,2-11,14H2,1H3,(H,15,17). The number of nitrogens with one attached hydrogen (secondary N) is 1. The monoisotopic (exact) mass is 241 g/mol. The van der Waals surface area contributed by atoms with Gasteiger partial charge in [-0.05, 0) is 19.3 Å². The van der Waals surface area contributed by atoms with Crippen LogP contribution in [0.1, 0.15) is 51.9 Å². The second kappa shape index (κ2) is 8.34. The molecule has 1 aliphatic rings. The quantitative estimate of drug-likeness (QED) is 0.700. The largest absolute Gasteiger partial charge is 0.338 e. The van der Waals surface area contributed by atoms with Crippen molar-refractivity contribution in [2.75, 3.05) is 19.6 Å². The summed E-state index contributed by atoms with van der Waals surface area (Å²) in [6, 6.07) is 0.490. The molecule has 1 rings (SSSR count). The summed E-state index contributed by atoms with van der Waals surface area (Å²) in [5.74, 6) is 0. The zero-order valence-corrected chi connectivity index (χ0v) is 11.1. The van der Waals surface area contributed by atoms with E-state index in [1.807, 2.05) is 4.90 Å². The molecule has 0 atom stereocenters. The van der Waals surface area contributed by atoms with Crippen LogP contribution in [-0.4, -0.2) is 36.6 Å². The second-order valence-electron chi connectivity index (χ2n) is 4.86. The van der Waals surface area contributed by atoms with Crippen LogP contribution in [0.15, 0.2) is 0 Å². The minimum Gasteiger partial charge on any atom is -0.338 e. The van der Waals surface area contributed by atoms with Crippen molar-refractivity contribution in [3.63, 3.8) is 0 Å². The molecule has 1 fully saturated rings. The van der Waals surface area contributed by atoms with Crippen LogP contribution in [0.3, 0.4) is 0 Å². The number of nitrogens with two attached hydrogens (primary N) is 1. The van der Waals surface area contributed by atoms with Crippen LogP contribution in [0.25, 0.3) is 0 Å². The molecule has 100 valence electrons. The van der Waals surface area contributed by atoms with E-state index in [1.165, 1.54) is 19.3 Å². The Kier molecular flexibility index (Phi) is 7.01. The van der Waals surface area contributed by atoms with Gasteiger partial charge in [0, 0.05) is 25.7 Å². The van der Waals surface area contributed by atoms with E-state index in [0.717, 1.165) is 32.2 Å². The predicted molar refractivity (Wildman–Crippen MR) is 70.9 cm³/mol. The van der Waals surface area contributed by atoms with Gasteiger partial charge in [0.1, 0.15) is 0 Å². The lowest BCUT2D eigenvalue weighted by atomic mass is 9.94. The molecule has 4 heteroatoms. The van der Waals surface area contributed by atoms with Gasteiger partial charge in [-0.15, -0.1) is 0 Å². The van der Waals surface area contributed by atoms with Crippen molar-refractivity contribution < 1.29 is 4.79 Å². The third-order valence-electron chi connectivity index (χ3n) is 3.45. The van der Waals surface area contributed by atoms with E-state index in [-0.39, 0.29) is 6.03 Å². The van der Waals surface area contributed by atoms with Gasteiger partial charge >= 0.3 is 6.03 Å². The molecule has 0 aromatic heterocycles. The van der Waals surface area contributed by atoms with E-state index in [4.69, 9.17) is 5.73 Å². The highest BCUT2D eigenvalue weighted by molar-refractivity contribution is 5.74. The topological polar surface area (TPSA) is 58.4 Å². The summed E-state index contributed by atoms with van der Waals surface area (Å²) >= 11 is 0. The Morgan fingerprint density at radius 2 is 2.06 bits per heavy atom. The third kappa shape index (κ3) is 4.94. The van der Waals surface area contributed by atoms with Crippen LogP contribution in [0, 0.1) is 0 Å². The zero-order chi connectivity index (χ0) is 12.5. The van der Waals surface area contributed by atoms with Gasteiger partial charge < -0.3 is 16.0 Å². The van der Waals surface area contributed by atoms with Gasteiger partial charge in [0.15, 0.2) is 0 Å². The number of amides is 2. The van der Waals surface area contributed by atoms with Gasteiger partial charge in [-0.25, -0.2) is 4.79 Å². The molecule has 4 nitrogen and oxygen atoms in total. The fourth-order valence-corrected chi connectivity index (χ4v) is 2.46. The summed E-state index contributed by atoms with van der Waals surface area (Å²) in [6.07, 6.45) is 8.24. The number of hydrogen-bond acceptors (Lipinski definition) is 2. The maximum absolute atomic E-state index is 12.1. The Morgan fingerprint density at radius 3 is 2.65 bits per heavy atom. The van der Waals surface area contributed by atoms with E-state index in [1.54, 1.807) is 0 Å². The van der Waals surface area contributed by atoms with Gasteiger partial charge in [-0.3, -0.25) is 0 Å². The smallest absolute Gasteiger partial charge is 0.317 e. The number of hydrogen-bond donors (Lipinski definition) is 2. The van der Waals surface area contributed by atoms with E-state index >= 15 is 0 Å². The average Bonchev–Trinajstić information content (AvgIpc) is 2.37. The highest BCUT2D eigenvalue weighted by Crippen LogP contribution is 2.22. The number of unbranched alkanes of at least 4 members (excludes halogenated alkanes) is 1. The lowest BCUT2D eigenvalue weighted by molar-refractivity contribution is 0.157. The summed E-state index contributed by atoms with van der Waals surface area (Å²) < 4.78 is 0. The number of carbonyl (C=O) groups is 1. The summed E-state index contributed by atoms with van der Waals surface area (Å²) in [5.41, 5.74) is 5.61. The van der Waals surface area contributed by atoms with Gasteiger partial charge in [-0.1, -0.05) is 32.6 Å². The molecule has 1 aliphatic carbocycles. The number of urea groups is 1. The molecule has 0 unspecified atom stereocenters. The zero-order valence-electron chi connectivity index (χ0n) is 11.1. The average molecular weight is 241 g/mol. The summed E-state index contributed by atoms with van der Waals surface area (Å²) in [6.45, 7) is 4.15. The van der Waals surface area contributed by atoms with E-state index in [0.29, 0.717) is 19.1 Å². The number of rotatable bonds is 6. The first kappa shape index (κ1) is 14.3. The lowest BCUT2D eigenvalue weighted by Crippen LogP contribution is -2.49. The van der Waals surface area contributed by atoms with Crippen LogP contribution >= 0.6 is 0 Å². The van der Waals surface area contributed by atoms with E-state index < -0.39 is 0 Å². The summed E-state index contributed by atoms with van der Waals surface area (Å²) in [4.78, 5) is 14.0. The maximum atomic E-state index is 12.1. The Morgan fingerprint density at radius 1 is 1.35 bits per heavy atom. The van der Waals surface area contributed by atoms with Crippen molar-refractivity contribution >= 4 is 6.03 Å². The molecule has 2 amide bonds. The molecule has 3 N–H and O–H groups in total. The molecule has 1 saturated carbocycles. The number of nitrogens with zero attached hydrogens (tertiary/aromatic N) is 1. The Labute approximate surface area is 105 Å². The Bertz CT molecular complexity index is 215. The third-order valence-corrected chi connectivity index (χ3v) is 3.45. The van der Waals surface area contributed by atoms with Crippen molar-refractivity contribution in [1.82, 2.24) is 10.2 Å². The molecule has 17 heavy (non-hydrogen) atoms. The molecular formula is C13H27N3O. The molecular weight excluding hydrogens is 214 g/mol. The Hall–Kier alpha value is -0.770. The minimum absolute atomic E-state index is 0.0794. The summed E-state index contributed by atoms with van der Waals surface area (Å²) in [7, 11) is 0. The van der Waals surface area contributed by atoms with Gasteiger partial charge in [-0.2, -0.15) is 0 Å². The first-order chi connectivity index (χ1) is 8.29. The fourth-order valence-electron chi connectivity index (χ4n) is 2.46. The van der Waals surface area contributed by atoms with Crippen molar-refractivity contribution in [1.29, 1.82) is 0 Å². The molecule has 0 aromatic rings. The highest BCUT2D eigenvalue weighted by Gasteiger charge is 2.24. The van der Waals surface area contributed by atoms with Gasteiger partial charge in [0.05, 0.1) is 0 Å². The van der Waals surface area contributed by atoms with Crippen LogP contribution in [-0.2, 0) is 0 Å². The molecule has 0 heterocycles. The first-order valence-corrected chi connectivity index (χ1v) is 7.04. The molecule has 0 bridgehead atoms. The lowest BCUT2D eigenvalue weighted by Gasteiger charge is -2.34. The van der Waals surface area contributed by atoms with Crippen LogP contribution in [0.2, 0.25) is 0 Å². The molecule has 0 aromatic carbocycles. The van der Waals surface area contributed by atoms with Crippen LogP contribution < -0.4 is 11.1 Å². The van der Waals surface area contributed by atoms with Crippen LogP contribution in [0.4, 0.5) is 4.79 Å². The molecule has 0 radical (unpaired) electrons. The minimum atomic E-state index is 0.0794. The molecule has 0 aliphatic heterocycles. The SMILES string of the molecule is CCCCNC(=O)N(CCN)C1CCCCC1. The number of carbonyl (C=O) groups excluding carboxylic acids is 1. The van der Waals surface area contributed by atoms with Crippen molar-refractivity contribution in [2.24, 2.45) is 5.73 Å². The first-order valence-electron chi connectivity index (χ1n) is 7.04. The molecule has 0 saturated heterocycles. The van der Waals surface area contributed by atoms with Crippen molar-refractivity contribution in [3.05, 3.63) is 0 Å². The highest BCUT2D eigenvalue weighted by atomic mass is 16.2. The predicted octanol–water partition coefficient (Wildman–Crippen LogP) is 2.09. The normalized spacial score (nSPS) is 16.8. The van der Waals surface area contributed by atoms with E-state index in [9.17, 15) is 4.79 Å². The fraction of sp³-hybridized carbons (Fsp3) is 0.923. The Balaban J connectivity index is 2.42. The maximum Gasteiger partial charge on any atom is 0.317 e. The van der Waals surface area contributed by atoms with Gasteiger partial charge in [0.25, 0.3) is 0 Å². The van der Waals surface area contributed by atoms with Gasteiger partial charge in [0.2, 0.25) is 0 Å². The van der Waals surface area contributed by atoms with Crippen molar-refractivity contribution in [3.8, 4) is 0 Å². The van der Waals surface area contributed by atoms with E-state index in [2.05, 4.69) is 12.2 Å². The van der Waals surface area contributed by atoms with Crippen LogP contribution in [0.5, 0.6) is 0 Å². The van der Waals surface area contributed by atoms with Crippen molar-refractivity contribution in [2.45, 2.75) is 57.9 Å².